The van der Waals surface area contributed by atoms with Crippen molar-refractivity contribution in [2.24, 2.45) is 0 Å². The molecule has 0 amide bonds. The van der Waals surface area contributed by atoms with E-state index in [0.29, 0.717) is 5.71 Å². The number of benzene rings is 2. The number of hydrogen-bond acceptors (Lipinski definition) is 3. The third-order valence-electron chi connectivity index (χ3n) is 4.99. The minimum absolute atomic E-state index is 0.661. The van der Waals surface area contributed by atoms with Crippen molar-refractivity contribution in [2.45, 2.75) is 13.8 Å². The molecule has 0 N–H and O–H groups in total. The van der Waals surface area contributed by atoms with Gasteiger partial charge in [0.05, 0.1) is 5.69 Å². The number of fused-ring (bicyclic) bond motifs is 3. The average molecular weight is 350 g/mol. The number of furan rings is 1. The Labute approximate surface area is 157 Å². The van der Waals surface area contributed by atoms with Crippen molar-refractivity contribution < 1.29 is 4.42 Å². The minimum Gasteiger partial charge on any atom is -0.437 e. The standard InChI is InChI=1S/C24H18N2O/c1-15-5-3-6-17(13-15)18-10-12-25-21(14-18)22-16(2)8-9-19-20-7-4-11-26-24(20)27-23(19)22/h3-14H,1-2H3. The third kappa shape index (κ3) is 2.59. The van der Waals surface area contributed by atoms with E-state index in [1.807, 2.05) is 24.4 Å². The van der Waals surface area contributed by atoms with Gasteiger partial charge in [-0.15, -0.1) is 0 Å². The van der Waals surface area contributed by atoms with Crippen LogP contribution in [0, 0.1) is 13.8 Å². The summed E-state index contributed by atoms with van der Waals surface area (Å²) in [4.78, 5) is 9.03. The molecule has 0 bridgehead atoms. The van der Waals surface area contributed by atoms with Gasteiger partial charge >= 0.3 is 0 Å². The van der Waals surface area contributed by atoms with Crippen molar-refractivity contribution in [1.82, 2.24) is 9.97 Å². The van der Waals surface area contributed by atoms with Crippen LogP contribution in [0.3, 0.4) is 0 Å². The molecule has 0 atom stereocenters. The highest BCUT2D eigenvalue weighted by Crippen LogP contribution is 2.37. The highest BCUT2D eigenvalue weighted by molar-refractivity contribution is 6.09. The van der Waals surface area contributed by atoms with E-state index in [1.54, 1.807) is 6.20 Å². The first-order valence-corrected chi connectivity index (χ1v) is 9.01. The first kappa shape index (κ1) is 15.8. The van der Waals surface area contributed by atoms with Gasteiger partial charge < -0.3 is 4.42 Å². The molecule has 3 nitrogen and oxygen atoms in total. The summed E-state index contributed by atoms with van der Waals surface area (Å²) in [5, 5.41) is 2.10. The molecule has 0 radical (unpaired) electrons. The van der Waals surface area contributed by atoms with Crippen LogP contribution in [0.1, 0.15) is 11.1 Å². The lowest BCUT2D eigenvalue weighted by molar-refractivity contribution is 0.654. The van der Waals surface area contributed by atoms with Gasteiger partial charge in [0.2, 0.25) is 5.71 Å². The Morgan fingerprint density at radius 3 is 2.52 bits per heavy atom. The molecule has 0 aliphatic rings. The normalized spacial score (nSPS) is 11.3. The van der Waals surface area contributed by atoms with Gasteiger partial charge in [0.15, 0.2) is 0 Å². The number of aromatic nitrogens is 2. The molecule has 0 aliphatic carbocycles. The fraction of sp³-hybridized carbons (Fsp3) is 0.0833. The van der Waals surface area contributed by atoms with Gasteiger partial charge in [-0.3, -0.25) is 4.98 Å². The van der Waals surface area contributed by atoms with E-state index in [0.717, 1.165) is 38.7 Å². The fourth-order valence-electron chi connectivity index (χ4n) is 3.66. The van der Waals surface area contributed by atoms with Gasteiger partial charge in [-0.25, -0.2) is 4.98 Å². The summed E-state index contributed by atoms with van der Waals surface area (Å²) in [6.45, 7) is 4.20. The highest BCUT2D eigenvalue weighted by atomic mass is 16.3. The van der Waals surface area contributed by atoms with E-state index >= 15 is 0 Å². The van der Waals surface area contributed by atoms with E-state index in [2.05, 4.69) is 66.3 Å². The van der Waals surface area contributed by atoms with Crippen molar-refractivity contribution >= 4 is 22.1 Å². The summed E-state index contributed by atoms with van der Waals surface area (Å²) in [6.07, 6.45) is 3.63. The zero-order valence-electron chi connectivity index (χ0n) is 15.2. The molecule has 3 heterocycles. The number of aryl methyl sites for hydroxylation is 2. The average Bonchev–Trinajstić information content (AvgIpc) is 3.06. The lowest BCUT2D eigenvalue weighted by Crippen LogP contribution is -1.89. The lowest BCUT2D eigenvalue weighted by atomic mass is 9.98. The van der Waals surface area contributed by atoms with Crippen molar-refractivity contribution in [3.63, 3.8) is 0 Å². The molecule has 0 unspecified atom stereocenters. The summed E-state index contributed by atoms with van der Waals surface area (Å²) >= 11 is 0. The molecule has 0 saturated carbocycles. The Balaban J connectivity index is 1.76. The van der Waals surface area contributed by atoms with Crippen LogP contribution < -0.4 is 0 Å². The smallest absolute Gasteiger partial charge is 0.227 e. The van der Waals surface area contributed by atoms with Gasteiger partial charge in [0.25, 0.3) is 0 Å². The third-order valence-corrected chi connectivity index (χ3v) is 4.99. The fourth-order valence-corrected chi connectivity index (χ4v) is 3.66. The van der Waals surface area contributed by atoms with Crippen LogP contribution in [0.25, 0.3) is 44.5 Å². The zero-order valence-corrected chi connectivity index (χ0v) is 15.2. The molecule has 27 heavy (non-hydrogen) atoms. The number of rotatable bonds is 2. The summed E-state index contributed by atoms with van der Waals surface area (Å²) in [7, 11) is 0. The number of hydrogen-bond donors (Lipinski definition) is 0. The van der Waals surface area contributed by atoms with E-state index in [1.165, 1.54) is 11.1 Å². The second kappa shape index (κ2) is 6.06. The maximum atomic E-state index is 6.13. The summed E-state index contributed by atoms with van der Waals surface area (Å²) < 4.78 is 6.13. The van der Waals surface area contributed by atoms with Crippen molar-refractivity contribution in [1.29, 1.82) is 0 Å². The molecule has 130 valence electrons. The molecular formula is C24H18N2O. The molecule has 3 heteroatoms. The molecule has 0 spiro atoms. The zero-order chi connectivity index (χ0) is 18.4. The molecule has 3 aromatic heterocycles. The van der Waals surface area contributed by atoms with Crippen molar-refractivity contribution in [3.8, 4) is 22.4 Å². The van der Waals surface area contributed by atoms with Gasteiger partial charge in [-0.2, -0.15) is 0 Å². The first-order valence-electron chi connectivity index (χ1n) is 9.01. The van der Waals surface area contributed by atoms with Crippen LogP contribution in [0.4, 0.5) is 0 Å². The quantitative estimate of drug-likeness (QED) is 0.373. The predicted octanol–water partition coefficient (Wildman–Crippen LogP) is 6.33. The van der Waals surface area contributed by atoms with Gasteiger partial charge in [-0.05, 0) is 54.8 Å². The Morgan fingerprint density at radius 2 is 1.63 bits per heavy atom. The molecule has 5 rings (SSSR count). The van der Waals surface area contributed by atoms with Gasteiger partial charge in [0, 0.05) is 28.7 Å². The molecule has 5 aromatic rings. The van der Waals surface area contributed by atoms with Crippen LogP contribution in [0.15, 0.2) is 77.5 Å². The number of nitrogens with zero attached hydrogens (tertiary/aromatic N) is 2. The minimum atomic E-state index is 0.661. The first-order chi connectivity index (χ1) is 13.2. The Bertz CT molecular complexity index is 1300. The van der Waals surface area contributed by atoms with E-state index < -0.39 is 0 Å². The number of pyridine rings is 2. The maximum Gasteiger partial charge on any atom is 0.227 e. The van der Waals surface area contributed by atoms with Crippen molar-refractivity contribution in [2.75, 3.05) is 0 Å². The van der Waals surface area contributed by atoms with E-state index in [9.17, 15) is 0 Å². The Kier molecular flexibility index (Phi) is 3.54. The second-order valence-corrected chi connectivity index (χ2v) is 6.89. The summed E-state index contributed by atoms with van der Waals surface area (Å²) in [5.41, 5.74) is 8.16. The van der Waals surface area contributed by atoms with Crippen LogP contribution in [0.2, 0.25) is 0 Å². The molecular weight excluding hydrogens is 332 g/mol. The molecule has 0 saturated heterocycles. The van der Waals surface area contributed by atoms with Gasteiger partial charge in [-0.1, -0.05) is 42.0 Å². The van der Waals surface area contributed by atoms with Crippen LogP contribution in [-0.2, 0) is 0 Å². The largest absolute Gasteiger partial charge is 0.437 e. The molecule has 2 aromatic carbocycles. The molecule has 0 aliphatic heterocycles. The van der Waals surface area contributed by atoms with Crippen LogP contribution in [-0.4, -0.2) is 9.97 Å². The van der Waals surface area contributed by atoms with E-state index in [4.69, 9.17) is 4.42 Å². The van der Waals surface area contributed by atoms with E-state index in [-0.39, 0.29) is 0 Å². The topological polar surface area (TPSA) is 38.9 Å². The molecule has 0 fully saturated rings. The lowest BCUT2D eigenvalue weighted by Gasteiger charge is -2.09. The summed E-state index contributed by atoms with van der Waals surface area (Å²) in [6, 6.07) is 20.9. The maximum absolute atomic E-state index is 6.13. The monoisotopic (exact) mass is 350 g/mol. The predicted molar refractivity (Wildman–Crippen MR) is 110 cm³/mol. The second-order valence-electron chi connectivity index (χ2n) is 6.89. The van der Waals surface area contributed by atoms with Crippen molar-refractivity contribution in [3.05, 3.63) is 84.2 Å². The van der Waals surface area contributed by atoms with Gasteiger partial charge in [0.1, 0.15) is 5.58 Å². The highest BCUT2D eigenvalue weighted by Gasteiger charge is 2.16. The van der Waals surface area contributed by atoms with Crippen LogP contribution >= 0.6 is 0 Å². The Hall–Kier alpha value is -3.46. The SMILES string of the molecule is Cc1cccc(-c2ccnc(-c3c(C)ccc4c3oc3ncccc34)c2)c1. The van der Waals surface area contributed by atoms with Crippen LogP contribution in [0.5, 0.6) is 0 Å². The Morgan fingerprint density at radius 1 is 0.741 bits per heavy atom. The summed E-state index contributed by atoms with van der Waals surface area (Å²) in [5.74, 6) is 0.